The van der Waals surface area contributed by atoms with Gasteiger partial charge < -0.3 is 60.9 Å². The minimum absolute atomic E-state index is 0.00758. The summed E-state index contributed by atoms with van der Waals surface area (Å²) in [5.74, 6) is -2.98. The third-order valence-electron chi connectivity index (χ3n) is 16.7. The molecule has 0 amide bonds. The van der Waals surface area contributed by atoms with E-state index >= 15 is 0 Å². The third kappa shape index (κ3) is 20.5. The number of aliphatic hydroxyl groups is 1. The van der Waals surface area contributed by atoms with Gasteiger partial charge in [0.1, 0.15) is 6.10 Å². The first-order valence-corrected chi connectivity index (χ1v) is 36.5. The van der Waals surface area contributed by atoms with Gasteiger partial charge in [-0.15, -0.1) is 0 Å². The zero-order valence-electron chi connectivity index (χ0n) is 51.3. The molecule has 442 valence electrons. The molecule has 4 fully saturated rings. The summed E-state index contributed by atoms with van der Waals surface area (Å²) in [6.07, 6.45) is 7.45. The summed E-state index contributed by atoms with van der Waals surface area (Å²) in [5.41, 5.74) is -1.05. The van der Waals surface area contributed by atoms with Crippen LogP contribution in [0.2, 0.25) is 36.3 Å². The fourth-order valence-electron chi connectivity index (χ4n) is 11.3. The Morgan fingerprint density at radius 2 is 1.04 bits per heavy atom. The zero-order valence-corrected chi connectivity index (χ0v) is 54.2. The third-order valence-corrected chi connectivity index (χ3v) is 28.1. The van der Waals surface area contributed by atoms with Crippen molar-refractivity contribution in [3.05, 3.63) is 0 Å². The van der Waals surface area contributed by atoms with E-state index in [1.54, 1.807) is 20.8 Å². The molecule has 4 aliphatic rings. The molecule has 0 aromatic heterocycles. The maximum absolute atomic E-state index is 13.6. The Morgan fingerprint density at radius 1 is 0.627 bits per heavy atom. The van der Waals surface area contributed by atoms with Crippen LogP contribution in [0.1, 0.15) is 202 Å². The predicted octanol–water partition coefficient (Wildman–Crippen LogP) is 13.6. The number of hydrogen-bond donors (Lipinski definition) is 1. The van der Waals surface area contributed by atoms with Crippen LogP contribution in [0.3, 0.4) is 0 Å². The molecule has 0 aliphatic carbocycles. The van der Waals surface area contributed by atoms with E-state index in [0.29, 0.717) is 38.5 Å². The Kier molecular flexibility index (Phi) is 24.3. The number of carbonyl (C=O) groups is 1. The molecule has 4 heterocycles. The van der Waals surface area contributed by atoms with Crippen LogP contribution in [0.15, 0.2) is 0 Å². The molecule has 0 aromatic rings. The Balaban J connectivity index is 1.45. The molecule has 0 radical (unpaired) electrons. The monoisotopic (exact) mass is 1120 g/mol. The van der Waals surface area contributed by atoms with E-state index < -0.39 is 59.3 Å². The molecule has 0 bridgehead atoms. The van der Waals surface area contributed by atoms with Gasteiger partial charge >= 0.3 is 13.6 Å². The Hall–Kier alpha value is -0.346. The molecule has 0 spiro atoms. The fourth-order valence-corrected chi connectivity index (χ4v) is 15.6. The highest BCUT2D eigenvalue weighted by atomic mass is 31.2. The minimum atomic E-state index is -3.69. The van der Waals surface area contributed by atoms with Crippen molar-refractivity contribution in [2.75, 3.05) is 19.8 Å². The van der Waals surface area contributed by atoms with Crippen molar-refractivity contribution in [2.24, 2.45) is 11.8 Å². The van der Waals surface area contributed by atoms with Crippen molar-refractivity contribution >= 4 is 30.2 Å². The number of rotatable bonds is 26. The lowest BCUT2D eigenvalue weighted by Gasteiger charge is -2.47. The largest absolute Gasteiger partial charge is 0.461 e. The average molecular weight is 1120 g/mol. The van der Waals surface area contributed by atoms with Crippen molar-refractivity contribution < 1.29 is 70.3 Å². The predicted molar refractivity (Wildman–Crippen MR) is 301 cm³/mol. The summed E-state index contributed by atoms with van der Waals surface area (Å²) >= 11 is 0. The molecule has 1 N–H and O–H groups in total. The molecule has 1 unspecified atom stereocenters. The summed E-state index contributed by atoms with van der Waals surface area (Å²) in [6, 6.07) is 0. The summed E-state index contributed by atoms with van der Waals surface area (Å²) in [5, 5.41) is 10.0. The fraction of sp³-hybridized carbons (Fsp3) is 0.982. The number of ether oxygens (including phenoxy) is 8. The van der Waals surface area contributed by atoms with Gasteiger partial charge in [-0.2, -0.15) is 0 Å². The van der Waals surface area contributed by atoms with Gasteiger partial charge in [0.15, 0.2) is 39.7 Å². The first-order valence-electron chi connectivity index (χ1n) is 29.1. The second-order valence-electron chi connectivity index (χ2n) is 27.4. The quantitative estimate of drug-likeness (QED) is 0.0494. The summed E-state index contributed by atoms with van der Waals surface area (Å²) in [4.78, 5) is 13.6. The standard InChI is InChI=1S/C57H111O15PSi2/c1-23-61-73(60,62-24-2)40(6)52(59)64-51(38(3)4)39(5)25-26-42(71-74(19,20)53(7,8)9)30-44-33-46(67-55(13,14)65-44)35-48-37-49(70-57(17,18)69-48)36-47-34-45(66-56(15,16)68-47)31-43-32-50(29-41(63-43)27-28-58)72-75(21,22)54(10,11)12/h38-51,58H,23-37H2,1-22H3/t39-,40?,41+,42-,43-,44-,45-,46-,47+,48+,49-,50-,51-/m0/s1. The van der Waals surface area contributed by atoms with Gasteiger partial charge in [-0.05, 0) is 149 Å². The van der Waals surface area contributed by atoms with Gasteiger partial charge in [-0.1, -0.05) is 62.3 Å². The molecule has 15 nitrogen and oxygen atoms in total. The van der Waals surface area contributed by atoms with Gasteiger partial charge in [0.05, 0.1) is 62.0 Å². The van der Waals surface area contributed by atoms with Crippen LogP contribution >= 0.6 is 7.60 Å². The van der Waals surface area contributed by atoms with Crippen molar-refractivity contribution in [1.82, 2.24) is 0 Å². The SMILES string of the molecule is CCOP(=O)(OCC)C(C)C(=O)O[C@@H](C(C)C)[C@@H](C)CC[C@@H](C[C@H]1C[C@@H](C[C@@H]2C[C@H](C[C@H]3C[C@H](C[C@H]4C[C@@H](O[Si](C)(C)C(C)(C)C)C[C@@H](CCO)O4)OC(C)(C)O3)OC(C)(C)O2)OC(C)(C)O1)O[Si](C)(C)C(C)(C)C. The highest BCUT2D eigenvalue weighted by Gasteiger charge is 2.48. The smallest absolute Gasteiger partial charge is 0.344 e. The molecule has 0 saturated carbocycles. The molecular weight excluding hydrogens is 1010 g/mol. The second-order valence-corrected chi connectivity index (χ2v) is 39.3. The van der Waals surface area contributed by atoms with E-state index in [0.717, 1.165) is 38.5 Å². The number of esters is 1. The van der Waals surface area contributed by atoms with Crippen molar-refractivity contribution in [2.45, 2.75) is 328 Å². The van der Waals surface area contributed by atoms with Crippen LogP contribution in [0.25, 0.3) is 0 Å². The Bertz CT molecular complexity index is 1790. The number of carbonyl (C=O) groups excluding carboxylic acids is 1. The van der Waals surface area contributed by atoms with E-state index in [1.807, 2.05) is 41.5 Å². The van der Waals surface area contributed by atoms with Gasteiger partial charge in [0.25, 0.3) is 0 Å². The lowest BCUT2D eigenvalue weighted by molar-refractivity contribution is -0.336. The molecule has 75 heavy (non-hydrogen) atoms. The molecule has 13 atom stereocenters. The van der Waals surface area contributed by atoms with Crippen LogP contribution in [0, 0.1) is 11.8 Å². The van der Waals surface area contributed by atoms with E-state index in [4.69, 9.17) is 55.8 Å². The van der Waals surface area contributed by atoms with Crippen LogP contribution in [0.5, 0.6) is 0 Å². The molecule has 4 saturated heterocycles. The molecule has 0 aromatic carbocycles. The van der Waals surface area contributed by atoms with Crippen molar-refractivity contribution in [1.29, 1.82) is 0 Å². The van der Waals surface area contributed by atoms with E-state index in [-0.39, 0.29) is 103 Å². The van der Waals surface area contributed by atoms with E-state index in [9.17, 15) is 14.5 Å². The van der Waals surface area contributed by atoms with Crippen molar-refractivity contribution in [3.8, 4) is 0 Å². The zero-order chi connectivity index (χ0) is 56.8. The van der Waals surface area contributed by atoms with E-state index in [2.05, 4.69) is 88.5 Å². The van der Waals surface area contributed by atoms with Gasteiger partial charge in [0, 0.05) is 57.3 Å². The average Bonchev–Trinajstić information content (AvgIpc) is 3.21. The number of hydrogen-bond acceptors (Lipinski definition) is 15. The molecule has 4 aliphatic heterocycles. The summed E-state index contributed by atoms with van der Waals surface area (Å²) < 4.78 is 91.7. The highest BCUT2D eigenvalue weighted by molar-refractivity contribution is 7.55. The van der Waals surface area contributed by atoms with Gasteiger partial charge in [0.2, 0.25) is 0 Å². The normalized spacial score (nSPS) is 30.6. The maximum atomic E-state index is 13.6. The number of aliphatic hydroxyl groups excluding tert-OH is 1. The molecular formula is C57H111O15PSi2. The second kappa shape index (κ2) is 27.2. The lowest BCUT2D eigenvalue weighted by Crippen LogP contribution is -2.52. The molecule has 4 rings (SSSR count). The van der Waals surface area contributed by atoms with Crippen LogP contribution in [-0.2, 0) is 65.2 Å². The minimum Gasteiger partial charge on any atom is -0.461 e. The Labute approximate surface area is 458 Å². The first-order chi connectivity index (χ1) is 34.3. The van der Waals surface area contributed by atoms with Gasteiger partial charge in [-0.25, -0.2) is 0 Å². The van der Waals surface area contributed by atoms with Crippen LogP contribution in [0.4, 0.5) is 0 Å². The summed E-state index contributed by atoms with van der Waals surface area (Å²) in [6.45, 7) is 46.5. The highest BCUT2D eigenvalue weighted by Crippen LogP contribution is 2.53. The van der Waals surface area contributed by atoms with Gasteiger partial charge in [-0.3, -0.25) is 9.36 Å². The lowest BCUT2D eigenvalue weighted by atomic mass is 9.88. The summed E-state index contributed by atoms with van der Waals surface area (Å²) in [7, 11) is -7.93. The topological polar surface area (TPSA) is 165 Å². The Morgan fingerprint density at radius 3 is 1.45 bits per heavy atom. The van der Waals surface area contributed by atoms with Crippen LogP contribution < -0.4 is 0 Å². The molecule has 18 heteroatoms. The van der Waals surface area contributed by atoms with Crippen molar-refractivity contribution in [3.63, 3.8) is 0 Å². The van der Waals surface area contributed by atoms with E-state index in [1.165, 1.54) is 0 Å². The first kappa shape index (κ1) is 67.2. The maximum Gasteiger partial charge on any atom is 0.344 e. The van der Waals surface area contributed by atoms with Crippen LogP contribution in [-0.4, -0.2) is 138 Å².